The molecule has 0 spiro atoms. The first-order valence-corrected chi connectivity index (χ1v) is 8.50. The Labute approximate surface area is 156 Å². The molecule has 0 unspecified atom stereocenters. The van der Waals surface area contributed by atoms with Gasteiger partial charge in [0, 0.05) is 26.2 Å². The van der Waals surface area contributed by atoms with Crippen LogP contribution in [0.25, 0.3) is 0 Å². The van der Waals surface area contributed by atoms with Gasteiger partial charge in [-0.3, -0.25) is 9.59 Å². The molecule has 1 aliphatic heterocycles. The molecular weight excluding hydrogens is 352 g/mol. The number of carbonyl (C=O) groups is 3. The summed E-state index contributed by atoms with van der Waals surface area (Å²) in [5.41, 5.74) is 0.345. The number of esters is 1. The molecular formula is C19H20N2O6. The van der Waals surface area contributed by atoms with E-state index in [0.29, 0.717) is 37.5 Å². The summed E-state index contributed by atoms with van der Waals surface area (Å²) in [6, 6.07) is 9.71. The number of methoxy groups -OCH3 is 1. The minimum atomic E-state index is -0.572. The maximum absolute atomic E-state index is 12.2. The lowest BCUT2D eigenvalue weighted by molar-refractivity contribution is -0.136. The van der Waals surface area contributed by atoms with Crippen molar-refractivity contribution in [1.29, 1.82) is 0 Å². The van der Waals surface area contributed by atoms with Crippen LogP contribution in [-0.2, 0) is 9.53 Å². The summed E-state index contributed by atoms with van der Waals surface area (Å²) in [4.78, 5) is 39.7. The fourth-order valence-corrected chi connectivity index (χ4v) is 2.74. The van der Waals surface area contributed by atoms with Crippen LogP contribution in [0.3, 0.4) is 0 Å². The van der Waals surface area contributed by atoms with Crippen molar-refractivity contribution in [2.75, 3.05) is 39.9 Å². The van der Waals surface area contributed by atoms with E-state index in [1.807, 2.05) is 0 Å². The molecule has 0 bridgehead atoms. The highest BCUT2D eigenvalue weighted by Crippen LogP contribution is 2.13. The fourth-order valence-electron chi connectivity index (χ4n) is 2.74. The van der Waals surface area contributed by atoms with Crippen molar-refractivity contribution < 1.29 is 28.3 Å². The highest BCUT2D eigenvalue weighted by atomic mass is 16.5. The molecule has 2 heterocycles. The van der Waals surface area contributed by atoms with Crippen LogP contribution in [0.2, 0.25) is 0 Å². The number of hydrogen-bond acceptors (Lipinski definition) is 6. The van der Waals surface area contributed by atoms with E-state index in [-0.39, 0.29) is 24.2 Å². The first-order chi connectivity index (χ1) is 13.1. The van der Waals surface area contributed by atoms with Crippen molar-refractivity contribution in [3.8, 4) is 5.75 Å². The van der Waals surface area contributed by atoms with Gasteiger partial charge >= 0.3 is 5.97 Å². The molecule has 0 aliphatic carbocycles. The molecule has 0 radical (unpaired) electrons. The molecule has 1 saturated heterocycles. The van der Waals surface area contributed by atoms with E-state index in [1.54, 1.807) is 46.2 Å². The second-order valence-corrected chi connectivity index (χ2v) is 5.95. The third kappa shape index (κ3) is 4.46. The molecule has 1 aromatic carbocycles. The SMILES string of the molecule is COc1ccc(C(=O)OCC(=O)N2CCN(C(=O)c3ccco3)CC2)cc1. The fraction of sp³-hybridized carbons (Fsp3) is 0.316. The third-order valence-corrected chi connectivity index (χ3v) is 4.30. The Morgan fingerprint density at radius 3 is 2.26 bits per heavy atom. The molecule has 8 heteroatoms. The summed E-state index contributed by atoms with van der Waals surface area (Å²) in [5.74, 6) is -0.148. The molecule has 1 fully saturated rings. The van der Waals surface area contributed by atoms with Gasteiger partial charge in [0.25, 0.3) is 11.8 Å². The van der Waals surface area contributed by atoms with Gasteiger partial charge in [0.05, 0.1) is 18.9 Å². The lowest BCUT2D eigenvalue weighted by Gasteiger charge is -2.34. The van der Waals surface area contributed by atoms with Crippen molar-refractivity contribution >= 4 is 17.8 Å². The predicted molar refractivity (Wildman–Crippen MR) is 94.5 cm³/mol. The number of carbonyl (C=O) groups excluding carboxylic acids is 3. The zero-order valence-electron chi connectivity index (χ0n) is 14.9. The maximum Gasteiger partial charge on any atom is 0.338 e. The number of furan rings is 1. The van der Waals surface area contributed by atoms with Crippen molar-refractivity contribution in [3.63, 3.8) is 0 Å². The second-order valence-electron chi connectivity index (χ2n) is 5.95. The minimum Gasteiger partial charge on any atom is -0.497 e. The topological polar surface area (TPSA) is 89.3 Å². The van der Waals surface area contributed by atoms with Gasteiger partial charge in [-0.05, 0) is 36.4 Å². The van der Waals surface area contributed by atoms with E-state index < -0.39 is 5.97 Å². The highest BCUT2D eigenvalue weighted by molar-refractivity contribution is 5.92. The Hall–Kier alpha value is -3.29. The summed E-state index contributed by atoms with van der Waals surface area (Å²) >= 11 is 0. The van der Waals surface area contributed by atoms with E-state index in [4.69, 9.17) is 13.9 Å². The largest absolute Gasteiger partial charge is 0.497 e. The number of hydrogen-bond donors (Lipinski definition) is 0. The summed E-state index contributed by atoms with van der Waals surface area (Å²) in [7, 11) is 1.54. The summed E-state index contributed by atoms with van der Waals surface area (Å²) in [6.45, 7) is 1.23. The Balaban J connectivity index is 1.45. The zero-order chi connectivity index (χ0) is 19.2. The van der Waals surface area contributed by atoms with Gasteiger partial charge in [0.2, 0.25) is 0 Å². The Bertz CT molecular complexity index is 792. The van der Waals surface area contributed by atoms with Crippen molar-refractivity contribution in [1.82, 2.24) is 9.80 Å². The summed E-state index contributed by atoms with van der Waals surface area (Å²) in [5, 5.41) is 0. The number of benzene rings is 1. The van der Waals surface area contributed by atoms with E-state index >= 15 is 0 Å². The van der Waals surface area contributed by atoms with Gasteiger partial charge in [0.15, 0.2) is 12.4 Å². The van der Waals surface area contributed by atoms with Gasteiger partial charge in [-0.1, -0.05) is 0 Å². The van der Waals surface area contributed by atoms with E-state index in [2.05, 4.69) is 0 Å². The number of rotatable bonds is 5. The van der Waals surface area contributed by atoms with Crippen LogP contribution >= 0.6 is 0 Å². The number of ether oxygens (including phenoxy) is 2. The van der Waals surface area contributed by atoms with Gasteiger partial charge < -0.3 is 23.7 Å². The summed E-state index contributed by atoms with van der Waals surface area (Å²) in [6.07, 6.45) is 1.45. The van der Waals surface area contributed by atoms with Crippen LogP contribution in [0, 0.1) is 0 Å². The normalized spacial score (nSPS) is 14.0. The monoisotopic (exact) mass is 372 g/mol. The number of amides is 2. The second kappa shape index (κ2) is 8.39. The van der Waals surface area contributed by atoms with Crippen LogP contribution in [0.1, 0.15) is 20.9 Å². The van der Waals surface area contributed by atoms with Gasteiger partial charge in [-0.25, -0.2) is 4.79 Å². The van der Waals surface area contributed by atoms with Crippen molar-refractivity contribution in [2.45, 2.75) is 0 Å². The zero-order valence-corrected chi connectivity index (χ0v) is 14.9. The molecule has 0 atom stereocenters. The van der Waals surface area contributed by atoms with Crippen LogP contribution < -0.4 is 4.74 Å². The van der Waals surface area contributed by atoms with E-state index in [9.17, 15) is 14.4 Å². The van der Waals surface area contributed by atoms with Crippen LogP contribution in [0.15, 0.2) is 47.1 Å². The van der Waals surface area contributed by atoms with Crippen LogP contribution in [0.4, 0.5) is 0 Å². The van der Waals surface area contributed by atoms with Gasteiger partial charge in [0.1, 0.15) is 5.75 Å². The minimum absolute atomic E-state index is 0.196. The third-order valence-electron chi connectivity index (χ3n) is 4.30. The van der Waals surface area contributed by atoms with Gasteiger partial charge in [-0.2, -0.15) is 0 Å². The molecule has 2 amide bonds. The molecule has 3 rings (SSSR count). The molecule has 0 N–H and O–H groups in total. The first-order valence-electron chi connectivity index (χ1n) is 8.50. The molecule has 8 nitrogen and oxygen atoms in total. The number of piperazine rings is 1. The highest BCUT2D eigenvalue weighted by Gasteiger charge is 2.26. The molecule has 1 aliphatic rings. The van der Waals surface area contributed by atoms with Gasteiger partial charge in [-0.15, -0.1) is 0 Å². The van der Waals surface area contributed by atoms with Crippen molar-refractivity contribution in [2.24, 2.45) is 0 Å². The quantitative estimate of drug-likeness (QED) is 0.738. The summed E-state index contributed by atoms with van der Waals surface area (Å²) < 4.78 is 15.2. The van der Waals surface area contributed by atoms with E-state index in [1.165, 1.54) is 13.4 Å². The Morgan fingerprint density at radius 1 is 1.00 bits per heavy atom. The van der Waals surface area contributed by atoms with Crippen LogP contribution in [0.5, 0.6) is 5.75 Å². The number of nitrogens with zero attached hydrogens (tertiary/aromatic N) is 2. The molecule has 27 heavy (non-hydrogen) atoms. The van der Waals surface area contributed by atoms with Crippen molar-refractivity contribution in [3.05, 3.63) is 54.0 Å². The smallest absolute Gasteiger partial charge is 0.338 e. The Kier molecular flexibility index (Phi) is 5.75. The van der Waals surface area contributed by atoms with Crippen LogP contribution in [-0.4, -0.2) is 67.5 Å². The first kappa shape index (κ1) is 18.5. The maximum atomic E-state index is 12.2. The molecule has 142 valence electrons. The molecule has 2 aromatic rings. The predicted octanol–water partition coefficient (Wildman–Crippen LogP) is 1.43. The van der Waals surface area contributed by atoms with E-state index in [0.717, 1.165) is 0 Å². The molecule has 0 saturated carbocycles. The Morgan fingerprint density at radius 2 is 1.67 bits per heavy atom. The molecule has 1 aromatic heterocycles. The average molecular weight is 372 g/mol. The lowest BCUT2D eigenvalue weighted by atomic mass is 10.2. The standard InChI is InChI=1S/C19H20N2O6/c1-25-15-6-4-14(5-7-15)19(24)27-13-17(22)20-8-10-21(11-9-20)18(23)16-3-2-12-26-16/h2-7,12H,8-11,13H2,1H3. The lowest BCUT2D eigenvalue weighted by Crippen LogP contribution is -2.51. The average Bonchev–Trinajstić information content (AvgIpc) is 3.26.